The molecule has 0 amide bonds. The highest BCUT2D eigenvalue weighted by atomic mass is 32.2. The smallest absolute Gasteiger partial charge is 0.129 e. The standard InChI is InChI=1S/C19H16O2S/c1-21-14-8-5-12(6-9-14)16-11-22-19-17(20)10-7-13-3-2-4-15(16)18(13)19/h2-10,16,20H,11H2,1H3. The van der Waals surface area contributed by atoms with Gasteiger partial charge in [-0.1, -0.05) is 36.4 Å². The molecule has 2 nitrogen and oxygen atoms in total. The fourth-order valence-electron chi connectivity index (χ4n) is 3.17. The lowest BCUT2D eigenvalue weighted by atomic mass is 9.88. The Morgan fingerprint density at radius 3 is 2.64 bits per heavy atom. The third-order valence-corrected chi connectivity index (χ3v) is 5.50. The summed E-state index contributed by atoms with van der Waals surface area (Å²) in [5.41, 5.74) is 2.59. The second-order valence-electron chi connectivity index (χ2n) is 5.50. The molecule has 1 N–H and O–H groups in total. The van der Waals surface area contributed by atoms with Crippen molar-refractivity contribution >= 4 is 22.5 Å². The lowest BCUT2D eigenvalue weighted by molar-refractivity contribution is 0.414. The average molecular weight is 308 g/mol. The second kappa shape index (κ2) is 5.25. The number of thioether (sulfide) groups is 1. The van der Waals surface area contributed by atoms with Gasteiger partial charge in [0.15, 0.2) is 0 Å². The van der Waals surface area contributed by atoms with Crippen LogP contribution in [0.4, 0.5) is 0 Å². The summed E-state index contributed by atoms with van der Waals surface area (Å²) in [5.74, 6) is 2.55. The summed E-state index contributed by atoms with van der Waals surface area (Å²) in [6.45, 7) is 0. The molecule has 22 heavy (non-hydrogen) atoms. The van der Waals surface area contributed by atoms with Crippen LogP contribution >= 0.6 is 11.8 Å². The average Bonchev–Trinajstić information content (AvgIpc) is 2.58. The van der Waals surface area contributed by atoms with Crippen LogP contribution in [0.25, 0.3) is 10.8 Å². The highest BCUT2D eigenvalue weighted by molar-refractivity contribution is 7.99. The van der Waals surface area contributed by atoms with Gasteiger partial charge < -0.3 is 9.84 Å². The largest absolute Gasteiger partial charge is 0.507 e. The Hall–Kier alpha value is -2.13. The van der Waals surface area contributed by atoms with Crippen LogP contribution in [0.5, 0.6) is 11.5 Å². The van der Waals surface area contributed by atoms with E-state index in [9.17, 15) is 5.11 Å². The predicted molar refractivity (Wildman–Crippen MR) is 91.2 cm³/mol. The molecule has 0 saturated carbocycles. The minimum atomic E-state index is 0.342. The summed E-state index contributed by atoms with van der Waals surface area (Å²) in [6, 6.07) is 18.5. The van der Waals surface area contributed by atoms with E-state index in [1.807, 2.05) is 18.2 Å². The van der Waals surface area contributed by atoms with E-state index in [0.29, 0.717) is 11.7 Å². The maximum atomic E-state index is 10.2. The molecule has 1 aliphatic rings. The molecule has 0 aromatic heterocycles. The molecule has 0 spiro atoms. The molecular weight excluding hydrogens is 292 g/mol. The van der Waals surface area contributed by atoms with Gasteiger partial charge in [-0.2, -0.15) is 0 Å². The lowest BCUT2D eigenvalue weighted by Gasteiger charge is -2.26. The molecule has 0 bridgehead atoms. The van der Waals surface area contributed by atoms with E-state index >= 15 is 0 Å². The fourth-order valence-corrected chi connectivity index (χ4v) is 4.47. The van der Waals surface area contributed by atoms with Crippen LogP contribution in [-0.4, -0.2) is 18.0 Å². The zero-order valence-electron chi connectivity index (χ0n) is 12.2. The first-order valence-corrected chi connectivity index (χ1v) is 8.28. The quantitative estimate of drug-likeness (QED) is 0.738. The summed E-state index contributed by atoms with van der Waals surface area (Å²) in [6.07, 6.45) is 0. The zero-order valence-corrected chi connectivity index (χ0v) is 13.1. The summed E-state index contributed by atoms with van der Waals surface area (Å²) < 4.78 is 5.25. The number of phenolic OH excluding ortho intramolecular Hbond substituents is 1. The molecule has 0 saturated heterocycles. The Labute approximate surface area is 133 Å². The van der Waals surface area contributed by atoms with E-state index in [2.05, 4.69) is 30.3 Å². The van der Waals surface area contributed by atoms with Gasteiger partial charge in [-0.3, -0.25) is 0 Å². The third kappa shape index (κ3) is 2.04. The minimum absolute atomic E-state index is 0.342. The lowest BCUT2D eigenvalue weighted by Crippen LogP contribution is -2.09. The molecule has 110 valence electrons. The van der Waals surface area contributed by atoms with Crippen LogP contribution in [0.3, 0.4) is 0 Å². The predicted octanol–water partition coefficient (Wildman–Crippen LogP) is 4.79. The molecule has 3 heteroatoms. The summed E-state index contributed by atoms with van der Waals surface area (Å²) >= 11 is 1.74. The second-order valence-corrected chi connectivity index (χ2v) is 6.53. The third-order valence-electron chi connectivity index (χ3n) is 4.30. The molecule has 1 heterocycles. The number of hydrogen-bond acceptors (Lipinski definition) is 3. The molecule has 4 rings (SSSR count). The molecule has 3 aromatic carbocycles. The fraction of sp³-hybridized carbons (Fsp3) is 0.158. The van der Waals surface area contributed by atoms with Crippen molar-refractivity contribution in [2.24, 2.45) is 0 Å². The molecule has 0 fully saturated rings. The monoisotopic (exact) mass is 308 g/mol. The highest BCUT2D eigenvalue weighted by Gasteiger charge is 2.25. The van der Waals surface area contributed by atoms with E-state index in [4.69, 9.17) is 4.74 Å². The molecule has 0 aliphatic carbocycles. The van der Waals surface area contributed by atoms with Crippen molar-refractivity contribution < 1.29 is 9.84 Å². The number of phenols is 1. The van der Waals surface area contributed by atoms with Crippen molar-refractivity contribution in [2.75, 3.05) is 12.9 Å². The molecule has 1 aliphatic heterocycles. The van der Waals surface area contributed by atoms with Crippen LogP contribution in [-0.2, 0) is 0 Å². The van der Waals surface area contributed by atoms with Gasteiger partial charge in [0.25, 0.3) is 0 Å². The number of methoxy groups -OCH3 is 1. The van der Waals surface area contributed by atoms with Crippen LogP contribution in [0, 0.1) is 0 Å². The zero-order chi connectivity index (χ0) is 15.1. The molecule has 0 radical (unpaired) electrons. The maximum Gasteiger partial charge on any atom is 0.129 e. The first-order valence-electron chi connectivity index (χ1n) is 7.29. The number of rotatable bonds is 2. The van der Waals surface area contributed by atoms with Crippen LogP contribution < -0.4 is 4.74 Å². The van der Waals surface area contributed by atoms with Gasteiger partial charge in [0.2, 0.25) is 0 Å². The Bertz CT molecular complexity index is 840. The number of benzene rings is 3. The summed E-state index contributed by atoms with van der Waals surface area (Å²) in [7, 11) is 1.69. The number of aromatic hydroxyl groups is 1. The number of ether oxygens (including phenoxy) is 1. The van der Waals surface area contributed by atoms with Crippen molar-refractivity contribution in [3.63, 3.8) is 0 Å². The first kappa shape index (κ1) is 13.5. The van der Waals surface area contributed by atoms with Gasteiger partial charge in [0.05, 0.1) is 12.0 Å². The van der Waals surface area contributed by atoms with E-state index < -0.39 is 0 Å². The first-order chi connectivity index (χ1) is 10.8. The Kier molecular flexibility index (Phi) is 3.23. The highest BCUT2D eigenvalue weighted by Crippen LogP contribution is 2.47. The Morgan fingerprint density at radius 2 is 1.86 bits per heavy atom. The SMILES string of the molecule is COc1ccc(C2CSc3c(O)ccc4cccc2c34)cc1. The van der Waals surface area contributed by atoms with Gasteiger partial charge in [0, 0.05) is 17.1 Å². The molecule has 1 unspecified atom stereocenters. The van der Waals surface area contributed by atoms with Crippen LogP contribution in [0.1, 0.15) is 17.0 Å². The van der Waals surface area contributed by atoms with Gasteiger partial charge in [0.1, 0.15) is 11.5 Å². The van der Waals surface area contributed by atoms with Crippen molar-refractivity contribution in [1.82, 2.24) is 0 Å². The van der Waals surface area contributed by atoms with E-state index in [0.717, 1.165) is 16.4 Å². The van der Waals surface area contributed by atoms with Crippen molar-refractivity contribution in [3.05, 3.63) is 65.7 Å². The maximum absolute atomic E-state index is 10.2. The topological polar surface area (TPSA) is 29.5 Å². The Balaban J connectivity index is 1.89. The van der Waals surface area contributed by atoms with Gasteiger partial charge in [-0.25, -0.2) is 0 Å². The van der Waals surface area contributed by atoms with Crippen molar-refractivity contribution in [2.45, 2.75) is 10.8 Å². The van der Waals surface area contributed by atoms with Gasteiger partial charge in [-0.15, -0.1) is 11.8 Å². The van der Waals surface area contributed by atoms with E-state index in [-0.39, 0.29) is 0 Å². The van der Waals surface area contributed by atoms with Crippen LogP contribution in [0.2, 0.25) is 0 Å². The van der Waals surface area contributed by atoms with Gasteiger partial charge in [-0.05, 0) is 34.7 Å². The van der Waals surface area contributed by atoms with Crippen molar-refractivity contribution in [1.29, 1.82) is 0 Å². The number of hydrogen-bond donors (Lipinski definition) is 1. The summed E-state index contributed by atoms with van der Waals surface area (Å²) in [5, 5.41) is 12.5. The minimum Gasteiger partial charge on any atom is -0.507 e. The normalized spacial score (nSPS) is 16.7. The summed E-state index contributed by atoms with van der Waals surface area (Å²) in [4.78, 5) is 1.01. The van der Waals surface area contributed by atoms with Crippen LogP contribution in [0.15, 0.2) is 59.5 Å². The van der Waals surface area contributed by atoms with E-state index in [1.54, 1.807) is 24.9 Å². The Morgan fingerprint density at radius 1 is 1.05 bits per heavy atom. The van der Waals surface area contributed by atoms with E-state index in [1.165, 1.54) is 21.9 Å². The van der Waals surface area contributed by atoms with Gasteiger partial charge >= 0.3 is 0 Å². The van der Waals surface area contributed by atoms with Crippen molar-refractivity contribution in [3.8, 4) is 11.5 Å². The molecule has 3 aromatic rings. The molecular formula is C19H16O2S. The molecule has 1 atom stereocenters.